The van der Waals surface area contributed by atoms with Crippen molar-refractivity contribution in [3.8, 4) is 0 Å². The van der Waals surface area contributed by atoms with Crippen molar-refractivity contribution >= 4 is 27.7 Å². The lowest BCUT2D eigenvalue weighted by Crippen LogP contribution is -1.96. The lowest BCUT2D eigenvalue weighted by molar-refractivity contribution is 0.555. The molecule has 0 heterocycles. The zero-order chi connectivity index (χ0) is 11.1. The highest BCUT2D eigenvalue weighted by Crippen LogP contribution is 2.21. The van der Waals surface area contributed by atoms with Crippen LogP contribution in [0.2, 0.25) is 0 Å². The molecule has 0 saturated carbocycles. The van der Waals surface area contributed by atoms with Crippen molar-refractivity contribution in [2.24, 2.45) is 5.92 Å². The van der Waals surface area contributed by atoms with Crippen LogP contribution >= 0.6 is 27.7 Å². The molecule has 0 amide bonds. The van der Waals surface area contributed by atoms with E-state index < -0.39 is 0 Å². The molecule has 0 radical (unpaired) electrons. The summed E-state index contributed by atoms with van der Waals surface area (Å²) in [5.74, 6) is 1.71. The minimum Gasteiger partial charge on any atom is -0.207 e. The maximum Gasteiger partial charge on any atom is 0.123 e. The van der Waals surface area contributed by atoms with Gasteiger partial charge < -0.3 is 0 Å². The topological polar surface area (TPSA) is 0 Å². The first-order valence-electron chi connectivity index (χ1n) is 5.16. The van der Waals surface area contributed by atoms with Gasteiger partial charge in [-0.05, 0) is 48.8 Å². The van der Waals surface area contributed by atoms with Crippen LogP contribution in [0.25, 0.3) is 0 Å². The van der Waals surface area contributed by atoms with E-state index in [0.717, 1.165) is 21.9 Å². The monoisotopic (exact) mass is 290 g/mol. The average Bonchev–Trinajstić information content (AvgIpc) is 2.21. The molecular formula is C12H16BrFS. The van der Waals surface area contributed by atoms with Crippen molar-refractivity contribution in [3.05, 3.63) is 30.1 Å². The van der Waals surface area contributed by atoms with Crippen LogP contribution in [0.3, 0.4) is 0 Å². The lowest BCUT2D eigenvalue weighted by atomic mass is 10.1. The third-order valence-corrected chi connectivity index (χ3v) is 3.80. The number of halogens is 2. The third kappa shape index (κ3) is 5.57. The zero-order valence-electron chi connectivity index (χ0n) is 8.88. The van der Waals surface area contributed by atoms with Crippen LogP contribution in [-0.2, 0) is 0 Å². The van der Waals surface area contributed by atoms with Gasteiger partial charge in [0.15, 0.2) is 0 Å². The SMILES string of the molecule is CC(CCBr)CCSc1ccc(F)cc1. The highest BCUT2D eigenvalue weighted by atomic mass is 79.9. The summed E-state index contributed by atoms with van der Waals surface area (Å²) in [6.45, 7) is 2.27. The largest absolute Gasteiger partial charge is 0.207 e. The Bertz CT molecular complexity index is 273. The Morgan fingerprint density at radius 2 is 1.93 bits per heavy atom. The second-order valence-electron chi connectivity index (χ2n) is 3.67. The number of hydrogen-bond donors (Lipinski definition) is 0. The smallest absolute Gasteiger partial charge is 0.123 e. The van der Waals surface area contributed by atoms with E-state index in [9.17, 15) is 4.39 Å². The second-order valence-corrected chi connectivity index (χ2v) is 5.64. The van der Waals surface area contributed by atoms with Gasteiger partial charge in [-0.15, -0.1) is 11.8 Å². The molecule has 1 rings (SSSR count). The summed E-state index contributed by atoms with van der Waals surface area (Å²) >= 11 is 5.25. The number of benzene rings is 1. The summed E-state index contributed by atoms with van der Waals surface area (Å²) in [4.78, 5) is 1.16. The summed E-state index contributed by atoms with van der Waals surface area (Å²) in [5, 5.41) is 1.08. The Labute approximate surface area is 104 Å². The summed E-state index contributed by atoms with van der Waals surface area (Å²) in [6, 6.07) is 6.72. The van der Waals surface area contributed by atoms with Crippen LogP contribution in [0, 0.1) is 11.7 Å². The number of thioether (sulfide) groups is 1. The molecule has 1 aromatic carbocycles. The average molecular weight is 291 g/mol. The first kappa shape index (κ1) is 13.0. The van der Waals surface area contributed by atoms with E-state index >= 15 is 0 Å². The number of alkyl halides is 1. The summed E-state index contributed by atoms with van der Waals surface area (Å²) in [5.41, 5.74) is 0. The van der Waals surface area contributed by atoms with Crippen molar-refractivity contribution in [1.82, 2.24) is 0 Å². The molecule has 0 saturated heterocycles. The molecule has 1 aromatic rings. The molecule has 0 spiro atoms. The van der Waals surface area contributed by atoms with Crippen molar-refractivity contribution < 1.29 is 4.39 Å². The van der Waals surface area contributed by atoms with Gasteiger partial charge in [0, 0.05) is 10.2 Å². The van der Waals surface area contributed by atoms with Gasteiger partial charge in [0.1, 0.15) is 5.82 Å². The van der Waals surface area contributed by atoms with Crippen molar-refractivity contribution in [3.63, 3.8) is 0 Å². The molecule has 3 heteroatoms. The van der Waals surface area contributed by atoms with E-state index in [1.807, 2.05) is 12.1 Å². The van der Waals surface area contributed by atoms with Crippen molar-refractivity contribution in [1.29, 1.82) is 0 Å². The fraction of sp³-hybridized carbons (Fsp3) is 0.500. The van der Waals surface area contributed by atoms with E-state index in [0.29, 0.717) is 0 Å². The van der Waals surface area contributed by atoms with E-state index in [4.69, 9.17) is 0 Å². The number of hydrogen-bond acceptors (Lipinski definition) is 1. The number of rotatable bonds is 6. The fourth-order valence-corrected chi connectivity index (χ4v) is 3.11. The Morgan fingerprint density at radius 1 is 1.27 bits per heavy atom. The normalized spacial score (nSPS) is 12.7. The van der Waals surface area contributed by atoms with Gasteiger partial charge in [-0.3, -0.25) is 0 Å². The Morgan fingerprint density at radius 3 is 2.53 bits per heavy atom. The standard InChI is InChI=1S/C12H16BrFS/c1-10(6-8-13)7-9-15-12-4-2-11(14)3-5-12/h2-5,10H,6-9H2,1H3. The fourth-order valence-electron chi connectivity index (χ4n) is 1.24. The molecule has 0 bridgehead atoms. The molecule has 0 fully saturated rings. The van der Waals surface area contributed by atoms with Crippen molar-refractivity contribution in [2.75, 3.05) is 11.1 Å². The molecule has 84 valence electrons. The Kier molecular flexibility index (Phi) is 6.34. The van der Waals surface area contributed by atoms with Gasteiger partial charge >= 0.3 is 0 Å². The molecule has 0 aliphatic rings. The first-order valence-corrected chi connectivity index (χ1v) is 7.27. The van der Waals surface area contributed by atoms with Crippen LogP contribution in [-0.4, -0.2) is 11.1 Å². The quantitative estimate of drug-likeness (QED) is 0.539. The van der Waals surface area contributed by atoms with Gasteiger partial charge in [0.05, 0.1) is 0 Å². The third-order valence-electron chi connectivity index (χ3n) is 2.29. The van der Waals surface area contributed by atoms with E-state index in [1.165, 1.54) is 25.0 Å². The van der Waals surface area contributed by atoms with Crippen LogP contribution in [0.4, 0.5) is 4.39 Å². The van der Waals surface area contributed by atoms with E-state index in [1.54, 1.807) is 11.8 Å². The maximum absolute atomic E-state index is 12.6. The van der Waals surface area contributed by atoms with Crippen LogP contribution in [0.15, 0.2) is 29.2 Å². The van der Waals surface area contributed by atoms with Gasteiger partial charge in [0.25, 0.3) is 0 Å². The minimum absolute atomic E-state index is 0.160. The molecule has 1 atom stereocenters. The summed E-state index contributed by atoms with van der Waals surface area (Å²) in [6.07, 6.45) is 2.44. The van der Waals surface area contributed by atoms with Gasteiger partial charge in [-0.2, -0.15) is 0 Å². The second kappa shape index (κ2) is 7.29. The molecule has 0 nitrogen and oxygen atoms in total. The summed E-state index contributed by atoms with van der Waals surface area (Å²) in [7, 11) is 0. The van der Waals surface area contributed by atoms with Crippen molar-refractivity contribution in [2.45, 2.75) is 24.7 Å². The highest BCUT2D eigenvalue weighted by Gasteiger charge is 2.01. The lowest BCUT2D eigenvalue weighted by Gasteiger charge is -2.08. The predicted octanol–water partition coefficient (Wildman–Crippen LogP) is 4.73. The van der Waals surface area contributed by atoms with Crippen LogP contribution in [0.1, 0.15) is 19.8 Å². The molecule has 0 aliphatic heterocycles. The zero-order valence-corrected chi connectivity index (χ0v) is 11.3. The summed E-state index contributed by atoms with van der Waals surface area (Å²) < 4.78 is 12.6. The maximum atomic E-state index is 12.6. The molecule has 0 N–H and O–H groups in total. The highest BCUT2D eigenvalue weighted by molar-refractivity contribution is 9.09. The predicted molar refractivity (Wildman–Crippen MR) is 69.3 cm³/mol. The minimum atomic E-state index is -0.160. The molecule has 0 aliphatic carbocycles. The van der Waals surface area contributed by atoms with Crippen LogP contribution < -0.4 is 0 Å². The molecular weight excluding hydrogens is 275 g/mol. The van der Waals surface area contributed by atoms with Crippen LogP contribution in [0.5, 0.6) is 0 Å². The van der Waals surface area contributed by atoms with Gasteiger partial charge in [0.2, 0.25) is 0 Å². The Hall–Kier alpha value is -0.0200. The van der Waals surface area contributed by atoms with Gasteiger partial charge in [-0.25, -0.2) is 4.39 Å². The molecule has 15 heavy (non-hydrogen) atoms. The Balaban J connectivity index is 2.22. The van der Waals surface area contributed by atoms with Gasteiger partial charge in [-0.1, -0.05) is 22.9 Å². The molecule has 0 aromatic heterocycles. The first-order chi connectivity index (χ1) is 7.22. The van der Waals surface area contributed by atoms with E-state index in [2.05, 4.69) is 22.9 Å². The van der Waals surface area contributed by atoms with E-state index in [-0.39, 0.29) is 5.82 Å². The molecule has 1 unspecified atom stereocenters.